The summed E-state index contributed by atoms with van der Waals surface area (Å²) in [6.45, 7) is 5.08. The Morgan fingerprint density at radius 3 is 2.53 bits per heavy atom. The summed E-state index contributed by atoms with van der Waals surface area (Å²) in [6, 6.07) is 2.20. The minimum absolute atomic E-state index is 0.0152. The highest BCUT2D eigenvalue weighted by atomic mass is 16.2. The van der Waals surface area contributed by atoms with Crippen molar-refractivity contribution < 1.29 is 4.79 Å². The molecule has 19 heavy (non-hydrogen) atoms. The van der Waals surface area contributed by atoms with Crippen molar-refractivity contribution in [2.24, 2.45) is 5.92 Å². The summed E-state index contributed by atoms with van der Waals surface area (Å²) in [4.78, 5) is 14.3. The molecule has 1 fully saturated rings. The van der Waals surface area contributed by atoms with Gasteiger partial charge in [-0.25, -0.2) is 0 Å². The molecular formula is C15H27N3O. The quantitative estimate of drug-likeness (QED) is 0.801. The third-order valence-electron chi connectivity index (χ3n) is 4.28. The average Bonchev–Trinajstić information content (AvgIpc) is 2.45. The fraction of sp³-hybridized carbons (Fsp3) is 0.867. The van der Waals surface area contributed by atoms with E-state index in [0.29, 0.717) is 19.5 Å². The molecule has 0 aromatic heterocycles. The Labute approximate surface area is 117 Å². The van der Waals surface area contributed by atoms with Crippen molar-refractivity contribution in [3.05, 3.63) is 0 Å². The summed E-state index contributed by atoms with van der Waals surface area (Å²) < 4.78 is 0. The second kappa shape index (κ2) is 7.49. The highest BCUT2D eigenvalue weighted by Crippen LogP contribution is 2.31. The van der Waals surface area contributed by atoms with E-state index in [-0.39, 0.29) is 17.4 Å². The van der Waals surface area contributed by atoms with Crippen LogP contribution >= 0.6 is 0 Å². The predicted molar refractivity (Wildman–Crippen MR) is 76.5 cm³/mol. The zero-order valence-electron chi connectivity index (χ0n) is 12.5. The molecule has 1 aliphatic carbocycles. The summed E-state index contributed by atoms with van der Waals surface area (Å²) in [5, 5.41) is 12.3. The molecule has 4 nitrogen and oxygen atoms in total. The first-order valence-electron chi connectivity index (χ1n) is 7.43. The monoisotopic (exact) mass is 265 g/mol. The molecule has 0 aromatic carbocycles. The number of hydrogen-bond acceptors (Lipinski definition) is 3. The van der Waals surface area contributed by atoms with E-state index in [2.05, 4.69) is 11.4 Å². The van der Waals surface area contributed by atoms with Crippen LogP contribution in [0.4, 0.5) is 0 Å². The van der Waals surface area contributed by atoms with Gasteiger partial charge in [-0.05, 0) is 33.7 Å². The van der Waals surface area contributed by atoms with Gasteiger partial charge >= 0.3 is 0 Å². The van der Waals surface area contributed by atoms with Crippen LogP contribution in [0.1, 0.15) is 52.4 Å². The van der Waals surface area contributed by atoms with Gasteiger partial charge in [0.1, 0.15) is 0 Å². The van der Waals surface area contributed by atoms with Gasteiger partial charge in [-0.3, -0.25) is 4.79 Å². The zero-order chi connectivity index (χ0) is 14.3. The van der Waals surface area contributed by atoms with Crippen LogP contribution in [0.15, 0.2) is 0 Å². The molecule has 0 bridgehead atoms. The fourth-order valence-corrected chi connectivity index (χ4v) is 2.92. The molecule has 4 heteroatoms. The van der Waals surface area contributed by atoms with Gasteiger partial charge < -0.3 is 10.2 Å². The molecule has 1 saturated carbocycles. The van der Waals surface area contributed by atoms with E-state index in [1.165, 1.54) is 19.3 Å². The molecule has 108 valence electrons. The average molecular weight is 265 g/mol. The molecule has 1 rings (SSSR count). The summed E-state index contributed by atoms with van der Waals surface area (Å²) in [5.41, 5.74) is -0.0152. The van der Waals surface area contributed by atoms with Crippen LogP contribution in [-0.4, -0.2) is 36.5 Å². The third-order valence-corrected chi connectivity index (χ3v) is 4.28. The molecule has 1 atom stereocenters. The number of nitrogens with zero attached hydrogens (tertiary/aromatic N) is 2. The summed E-state index contributed by atoms with van der Waals surface area (Å²) >= 11 is 0. The van der Waals surface area contributed by atoms with E-state index in [0.717, 1.165) is 12.8 Å². The highest BCUT2D eigenvalue weighted by molar-refractivity contribution is 5.77. The lowest BCUT2D eigenvalue weighted by Gasteiger charge is -2.38. The van der Waals surface area contributed by atoms with Crippen LogP contribution < -0.4 is 5.32 Å². The maximum atomic E-state index is 12.4. The molecule has 0 heterocycles. The van der Waals surface area contributed by atoms with Crippen molar-refractivity contribution in [1.82, 2.24) is 10.2 Å². The zero-order valence-corrected chi connectivity index (χ0v) is 12.5. The van der Waals surface area contributed by atoms with E-state index in [9.17, 15) is 4.79 Å². The Balaban J connectivity index is 2.62. The van der Waals surface area contributed by atoms with Crippen LogP contribution in [0, 0.1) is 17.2 Å². The van der Waals surface area contributed by atoms with Crippen LogP contribution in [0.5, 0.6) is 0 Å². The van der Waals surface area contributed by atoms with E-state index in [4.69, 9.17) is 5.26 Å². The molecule has 0 radical (unpaired) electrons. The molecule has 0 saturated heterocycles. The molecular weight excluding hydrogens is 238 g/mol. The molecule has 0 aliphatic heterocycles. The number of carbonyl (C=O) groups excluding carboxylic acids is 1. The van der Waals surface area contributed by atoms with E-state index >= 15 is 0 Å². The van der Waals surface area contributed by atoms with Gasteiger partial charge in [0.25, 0.3) is 0 Å². The second-order valence-electron chi connectivity index (χ2n) is 5.73. The van der Waals surface area contributed by atoms with E-state index in [1.54, 1.807) is 0 Å². The Bertz CT molecular complexity index is 329. The molecule has 1 aliphatic rings. The summed E-state index contributed by atoms with van der Waals surface area (Å²) in [5.74, 6) is 0.0849. The molecule has 0 spiro atoms. The summed E-state index contributed by atoms with van der Waals surface area (Å²) in [6.07, 6.45) is 6.42. The molecule has 1 N–H and O–H groups in total. The Morgan fingerprint density at radius 2 is 2.05 bits per heavy atom. The van der Waals surface area contributed by atoms with E-state index in [1.807, 2.05) is 25.8 Å². The third kappa shape index (κ3) is 4.50. The molecule has 1 amide bonds. The van der Waals surface area contributed by atoms with Crippen molar-refractivity contribution in [2.75, 3.05) is 20.1 Å². The van der Waals surface area contributed by atoms with Gasteiger partial charge in [0.05, 0.1) is 12.0 Å². The van der Waals surface area contributed by atoms with Crippen molar-refractivity contribution in [3.8, 4) is 6.07 Å². The van der Waals surface area contributed by atoms with Crippen molar-refractivity contribution in [2.45, 2.75) is 57.9 Å². The lowest BCUT2D eigenvalue weighted by molar-refractivity contribution is -0.133. The number of carbonyl (C=O) groups is 1. The SMILES string of the molecule is CCN(CC(C)C#N)C(=O)CC1(NC)CCCCC1. The summed E-state index contributed by atoms with van der Waals surface area (Å²) in [7, 11) is 1.97. The smallest absolute Gasteiger partial charge is 0.224 e. The van der Waals surface area contributed by atoms with Crippen molar-refractivity contribution in [3.63, 3.8) is 0 Å². The van der Waals surface area contributed by atoms with Gasteiger partial charge in [0, 0.05) is 25.0 Å². The fourth-order valence-electron chi connectivity index (χ4n) is 2.92. The minimum Gasteiger partial charge on any atom is -0.342 e. The van der Waals surface area contributed by atoms with Gasteiger partial charge in [-0.2, -0.15) is 5.26 Å². The van der Waals surface area contributed by atoms with Crippen molar-refractivity contribution in [1.29, 1.82) is 5.26 Å². The lowest BCUT2D eigenvalue weighted by atomic mass is 9.79. The predicted octanol–water partition coefficient (Wildman–Crippen LogP) is 2.31. The molecule has 0 aromatic rings. The minimum atomic E-state index is -0.0965. The number of nitriles is 1. The first-order chi connectivity index (χ1) is 9.06. The highest BCUT2D eigenvalue weighted by Gasteiger charge is 2.34. The molecule has 1 unspecified atom stereocenters. The first-order valence-corrected chi connectivity index (χ1v) is 7.43. The number of amides is 1. The van der Waals surface area contributed by atoms with E-state index < -0.39 is 0 Å². The number of hydrogen-bond donors (Lipinski definition) is 1. The number of nitrogens with one attached hydrogen (secondary N) is 1. The first kappa shape index (κ1) is 16.0. The van der Waals surface area contributed by atoms with Gasteiger partial charge in [0.15, 0.2) is 0 Å². The normalized spacial score (nSPS) is 19.5. The van der Waals surface area contributed by atoms with Gasteiger partial charge in [0.2, 0.25) is 5.91 Å². The van der Waals surface area contributed by atoms with Crippen molar-refractivity contribution >= 4 is 5.91 Å². The lowest BCUT2D eigenvalue weighted by Crippen LogP contribution is -2.49. The maximum absolute atomic E-state index is 12.4. The second-order valence-corrected chi connectivity index (χ2v) is 5.73. The van der Waals surface area contributed by atoms with Gasteiger partial charge in [-0.15, -0.1) is 0 Å². The maximum Gasteiger partial charge on any atom is 0.224 e. The Hall–Kier alpha value is -1.08. The Kier molecular flexibility index (Phi) is 6.30. The topological polar surface area (TPSA) is 56.1 Å². The standard InChI is InChI=1S/C15H27N3O/c1-4-18(12-13(2)11-16)14(19)10-15(17-3)8-6-5-7-9-15/h13,17H,4-10,12H2,1-3H3. The van der Waals surface area contributed by atoms with Gasteiger partial charge in [-0.1, -0.05) is 19.3 Å². The largest absolute Gasteiger partial charge is 0.342 e. The van der Waals surface area contributed by atoms with Crippen LogP contribution in [0.2, 0.25) is 0 Å². The Morgan fingerprint density at radius 1 is 1.42 bits per heavy atom. The van der Waals surface area contributed by atoms with Crippen LogP contribution in [0.3, 0.4) is 0 Å². The van der Waals surface area contributed by atoms with Crippen LogP contribution in [-0.2, 0) is 4.79 Å². The number of rotatable bonds is 6. The van der Waals surface area contributed by atoms with Crippen LogP contribution in [0.25, 0.3) is 0 Å².